The Bertz CT molecular complexity index is 1060. The number of amides is 1. The van der Waals surface area contributed by atoms with Crippen LogP contribution in [0.15, 0.2) is 24.3 Å². The molecule has 0 bridgehead atoms. The van der Waals surface area contributed by atoms with Crippen molar-refractivity contribution in [3.8, 4) is 0 Å². The van der Waals surface area contributed by atoms with Crippen LogP contribution in [0.2, 0.25) is 0 Å². The summed E-state index contributed by atoms with van der Waals surface area (Å²) in [5.41, 5.74) is 0. The molecule has 0 heterocycles. The number of ether oxygens (including phenoxy) is 1. The van der Waals surface area contributed by atoms with Gasteiger partial charge in [-0.15, -0.1) is 0 Å². The number of esters is 1. The van der Waals surface area contributed by atoms with Crippen LogP contribution in [0.25, 0.3) is 0 Å². The van der Waals surface area contributed by atoms with Crippen LogP contribution in [0.4, 0.5) is 0 Å². The minimum absolute atomic E-state index is 0.0140. The maximum Gasteiger partial charge on any atom is 0.305 e. The van der Waals surface area contributed by atoms with E-state index in [-0.39, 0.29) is 18.5 Å². The van der Waals surface area contributed by atoms with Crippen molar-refractivity contribution in [1.29, 1.82) is 0 Å². The van der Waals surface area contributed by atoms with Crippen molar-refractivity contribution in [2.24, 2.45) is 0 Å². The number of hydrogen-bond donors (Lipinski definition) is 3. The Balaban J connectivity index is 3.48. The second-order valence-corrected chi connectivity index (χ2v) is 21.0. The summed E-state index contributed by atoms with van der Waals surface area (Å²) in [5, 5.41) is 23.2. The predicted octanol–water partition coefficient (Wildman–Crippen LogP) is 19.0. The molecule has 6 heteroatoms. The Morgan fingerprint density at radius 3 is 1.04 bits per heavy atom. The zero-order valence-electron chi connectivity index (χ0n) is 45.9. The molecule has 68 heavy (non-hydrogen) atoms. The minimum atomic E-state index is -0.854. The lowest BCUT2D eigenvalue weighted by Gasteiger charge is -2.20. The van der Waals surface area contributed by atoms with Crippen LogP contribution in [0.5, 0.6) is 0 Å². The molecule has 0 aliphatic rings. The van der Waals surface area contributed by atoms with E-state index in [1.165, 1.54) is 250 Å². The first-order valence-electron chi connectivity index (χ1n) is 30.6. The molecule has 0 radical (unpaired) electrons. The maximum atomic E-state index is 12.5. The van der Waals surface area contributed by atoms with E-state index in [0.717, 1.165) is 57.8 Å². The highest BCUT2D eigenvalue weighted by molar-refractivity contribution is 5.76. The molecule has 0 aliphatic heterocycles. The average molecular weight is 959 g/mol. The summed E-state index contributed by atoms with van der Waals surface area (Å²) in [5.74, 6) is -0.0919. The molecule has 0 saturated carbocycles. The van der Waals surface area contributed by atoms with E-state index in [1.807, 2.05) is 6.08 Å². The number of nitrogens with one attached hydrogen (secondary N) is 1. The van der Waals surface area contributed by atoms with Gasteiger partial charge in [0.05, 0.1) is 25.4 Å². The monoisotopic (exact) mass is 958 g/mol. The van der Waals surface area contributed by atoms with Crippen molar-refractivity contribution < 1.29 is 24.5 Å². The number of rotatable bonds is 57. The molecule has 0 aromatic rings. The number of hydrogen-bond acceptors (Lipinski definition) is 5. The van der Waals surface area contributed by atoms with Crippen LogP contribution in [0.1, 0.15) is 335 Å². The molecule has 402 valence electrons. The van der Waals surface area contributed by atoms with Gasteiger partial charge in [-0.25, -0.2) is 0 Å². The van der Waals surface area contributed by atoms with Gasteiger partial charge in [0.2, 0.25) is 5.91 Å². The zero-order valence-corrected chi connectivity index (χ0v) is 45.9. The Morgan fingerprint density at radius 2 is 0.691 bits per heavy atom. The lowest BCUT2D eigenvalue weighted by molar-refractivity contribution is -0.143. The largest absolute Gasteiger partial charge is 0.466 e. The topological polar surface area (TPSA) is 95.9 Å². The third-order valence-corrected chi connectivity index (χ3v) is 14.2. The van der Waals surface area contributed by atoms with Gasteiger partial charge in [-0.2, -0.15) is 0 Å². The summed E-state index contributed by atoms with van der Waals surface area (Å²) in [7, 11) is 0. The van der Waals surface area contributed by atoms with Crippen LogP contribution < -0.4 is 5.32 Å². The molecule has 0 aromatic heterocycles. The van der Waals surface area contributed by atoms with Crippen LogP contribution in [0, 0.1) is 0 Å². The summed E-state index contributed by atoms with van der Waals surface area (Å²) >= 11 is 0. The lowest BCUT2D eigenvalue weighted by Crippen LogP contribution is -2.45. The average Bonchev–Trinajstić information content (AvgIpc) is 3.34. The lowest BCUT2D eigenvalue weighted by atomic mass is 10.0. The van der Waals surface area contributed by atoms with Crippen LogP contribution in [-0.2, 0) is 14.3 Å². The Hall–Kier alpha value is -1.66. The molecule has 2 atom stereocenters. The van der Waals surface area contributed by atoms with Gasteiger partial charge in [-0.3, -0.25) is 9.59 Å². The summed E-state index contributed by atoms with van der Waals surface area (Å²) in [6, 6.07) is -0.639. The second kappa shape index (κ2) is 57.9. The van der Waals surface area contributed by atoms with E-state index >= 15 is 0 Å². The van der Waals surface area contributed by atoms with Gasteiger partial charge >= 0.3 is 5.97 Å². The number of aliphatic hydroxyl groups excluding tert-OH is 2. The van der Waals surface area contributed by atoms with Gasteiger partial charge in [-0.1, -0.05) is 289 Å². The summed E-state index contributed by atoms with van der Waals surface area (Å²) < 4.78 is 5.47. The van der Waals surface area contributed by atoms with Crippen molar-refractivity contribution in [3.63, 3.8) is 0 Å². The number of carbonyl (C=O) groups excluding carboxylic acids is 2. The standard InChI is InChI=1S/C62H119NO5/c1-3-5-7-9-11-13-15-17-19-20-21-22-23-24-25-26-28-30-34-38-42-46-50-54-60(65)59(58-64)63-61(66)55-51-47-43-39-35-31-29-33-37-41-45-49-53-57-68-62(67)56-52-48-44-40-36-32-27-18-16-14-12-10-8-6-4-2/h18,27,50,54,59-60,64-65H,3-17,19-26,28-49,51-53,55-58H2,1-2H3,(H,63,66)/b27-18-,54-50+. The fourth-order valence-corrected chi connectivity index (χ4v) is 9.51. The van der Waals surface area contributed by atoms with Gasteiger partial charge in [0, 0.05) is 12.8 Å². The highest BCUT2D eigenvalue weighted by Crippen LogP contribution is 2.17. The summed E-state index contributed by atoms with van der Waals surface area (Å²) in [6.07, 6.45) is 70.6. The van der Waals surface area contributed by atoms with Crippen molar-refractivity contribution in [2.75, 3.05) is 13.2 Å². The Labute approximate surface area is 424 Å². The maximum absolute atomic E-state index is 12.5. The van der Waals surface area contributed by atoms with E-state index in [2.05, 4.69) is 31.3 Å². The van der Waals surface area contributed by atoms with E-state index in [9.17, 15) is 19.8 Å². The molecule has 0 spiro atoms. The number of carbonyl (C=O) groups is 2. The van der Waals surface area contributed by atoms with E-state index in [0.29, 0.717) is 19.4 Å². The fourth-order valence-electron chi connectivity index (χ4n) is 9.51. The van der Waals surface area contributed by atoms with Gasteiger partial charge in [0.15, 0.2) is 0 Å². The summed E-state index contributed by atoms with van der Waals surface area (Å²) in [4.78, 5) is 24.6. The van der Waals surface area contributed by atoms with Crippen molar-refractivity contribution in [3.05, 3.63) is 24.3 Å². The van der Waals surface area contributed by atoms with Gasteiger partial charge in [-0.05, 0) is 57.8 Å². The number of allylic oxidation sites excluding steroid dienone is 3. The molecule has 3 N–H and O–H groups in total. The molecule has 0 rings (SSSR count). The summed E-state index contributed by atoms with van der Waals surface area (Å²) in [6.45, 7) is 4.89. The fraction of sp³-hybridized carbons (Fsp3) is 0.903. The molecule has 6 nitrogen and oxygen atoms in total. The van der Waals surface area contributed by atoms with Crippen molar-refractivity contribution >= 4 is 11.9 Å². The first-order valence-corrected chi connectivity index (χ1v) is 30.6. The van der Waals surface area contributed by atoms with E-state index < -0.39 is 12.1 Å². The van der Waals surface area contributed by atoms with Gasteiger partial charge in [0.25, 0.3) is 0 Å². The number of aliphatic hydroxyl groups is 2. The highest BCUT2D eigenvalue weighted by atomic mass is 16.5. The molecule has 0 aromatic carbocycles. The van der Waals surface area contributed by atoms with Crippen LogP contribution >= 0.6 is 0 Å². The molecule has 1 amide bonds. The molecule has 0 fully saturated rings. The Morgan fingerprint density at radius 1 is 0.397 bits per heavy atom. The van der Waals surface area contributed by atoms with E-state index in [4.69, 9.17) is 4.74 Å². The third kappa shape index (κ3) is 53.7. The predicted molar refractivity (Wildman–Crippen MR) is 296 cm³/mol. The highest BCUT2D eigenvalue weighted by Gasteiger charge is 2.18. The van der Waals surface area contributed by atoms with E-state index in [1.54, 1.807) is 6.08 Å². The molecular weight excluding hydrogens is 839 g/mol. The van der Waals surface area contributed by atoms with Crippen molar-refractivity contribution in [2.45, 2.75) is 347 Å². The molecule has 2 unspecified atom stereocenters. The molecule has 0 saturated heterocycles. The van der Waals surface area contributed by atoms with Gasteiger partial charge in [0.1, 0.15) is 0 Å². The van der Waals surface area contributed by atoms with Crippen LogP contribution in [-0.4, -0.2) is 47.4 Å². The quantitative estimate of drug-likeness (QED) is 0.0321. The zero-order chi connectivity index (χ0) is 49.3. The first kappa shape index (κ1) is 66.3. The Kier molecular flexibility index (Phi) is 56.5. The molecule has 0 aliphatic carbocycles. The van der Waals surface area contributed by atoms with Crippen molar-refractivity contribution in [1.82, 2.24) is 5.32 Å². The SMILES string of the molecule is CCCCCCCC/C=C\CCCCCCCC(=O)OCCCCCCCCCCCCCCCC(=O)NC(CO)C(O)/C=C/CCCCCCCCCCCCCCCCCCCCCCC. The number of unbranched alkanes of at least 4 members (excludes halogenated alkanes) is 44. The molecular formula is C62H119NO5. The smallest absolute Gasteiger partial charge is 0.305 e. The minimum Gasteiger partial charge on any atom is -0.466 e. The third-order valence-electron chi connectivity index (χ3n) is 14.2. The first-order chi connectivity index (χ1) is 33.5. The van der Waals surface area contributed by atoms with Gasteiger partial charge < -0.3 is 20.3 Å². The van der Waals surface area contributed by atoms with Crippen LogP contribution in [0.3, 0.4) is 0 Å². The normalized spacial score (nSPS) is 12.7. The second-order valence-electron chi connectivity index (χ2n) is 21.0.